The number of aryl methyl sites for hydroxylation is 1. The summed E-state index contributed by atoms with van der Waals surface area (Å²) in [5.41, 5.74) is 4.15. The molecule has 0 saturated heterocycles. The van der Waals surface area contributed by atoms with Gasteiger partial charge < -0.3 is 4.74 Å². The van der Waals surface area contributed by atoms with E-state index in [4.69, 9.17) is 9.72 Å². The Morgan fingerprint density at radius 1 is 1.27 bits per heavy atom. The quantitative estimate of drug-likeness (QED) is 0.782. The zero-order valence-electron chi connectivity index (χ0n) is 13.9. The monoisotopic (exact) mass is 318 g/mol. The van der Waals surface area contributed by atoms with Gasteiger partial charge in [0.2, 0.25) is 0 Å². The van der Waals surface area contributed by atoms with Crippen LogP contribution in [0.5, 0.6) is 5.19 Å². The molecule has 1 atom stereocenters. The van der Waals surface area contributed by atoms with E-state index in [2.05, 4.69) is 30.9 Å². The molecule has 0 saturated carbocycles. The van der Waals surface area contributed by atoms with Gasteiger partial charge in [0.25, 0.3) is 5.19 Å². The maximum absolute atomic E-state index is 5.35. The zero-order valence-corrected chi connectivity index (χ0v) is 14.7. The molecule has 1 heterocycles. The Labute approximate surface area is 137 Å². The first kappa shape index (κ1) is 15.8. The predicted molar refractivity (Wildman–Crippen MR) is 93.6 cm³/mol. The van der Waals surface area contributed by atoms with Gasteiger partial charge in [0.1, 0.15) is 0 Å². The zero-order chi connectivity index (χ0) is 15.5. The molecule has 0 spiro atoms. The van der Waals surface area contributed by atoms with Gasteiger partial charge in [0.05, 0.1) is 12.8 Å². The molecule has 0 radical (unpaired) electrons. The summed E-state index contributed by atoms with van der Waals surface area (Å²) >= 11 is 1.71. The normalized spacial score (nSPS) is 20.3. The average molecular weight is 318 g/mol. The first-order chi connectivity index (χ1) is 10.8. The van der Waals surface area contributed by atoms with E-state index >= 15 is 0 Å². The second-order valence-electron chi connectivity index (χ2n) is 6.08. The molecule has 0 aliphatic heterocycles. The topological polar surface area (TPSA) is 25.4 Å². The van der Waals surface area contributed by atoms with Crippen molar-refractivity contribution in [2.45, 2.75) is 52.0 Å². The van der Waals surface area contributed by atoms with Crippen molar-refractivity contribution in [1.82, 2.24) is 9.88 Å². The van der Waals surface area contributed by atoms with E-state index in [-0.39, 0.29) is 0 Å². The van der Waals surface area contributed by atoms with E-state index in [1.54, 1.807) is 24.0 Å². The smallest absolute Gasteiger partial charge is 0.273 e. The molecule has 3 rings (SSSR count). The summed E-state index contributed by atoms with van der Waals surface area (Å²) in [6, 6.07) is 0.570. The summed E-state index contributed by atoms with van der Waals surface area (Å²) < 4.78 is 5.35. The minimum Gasteiger partial charge on any atom is -0.473 e. The van der Waals surface area contributed by atoms with Gasteiger partial charge in [-0.2, -0.15) is 0 Å². The molecule has 2 aliphatic carbocycles. The van der Waals surface area contributed by atoms with Crippen molar-refractivity contribution in [2.75, 3.05) is 20.2 Å². The minimum absolute atomic E-state index is 0.570. The Morgan fingerprint density at radius 2 is 2.05 bits per heavy atom. The Balaban J connectivity index is 1.95. The van der Waals surface area contributed by atoms with Crippen LogP contribution in [0.25, 0.3) is 5.57 Å². The highest BCUT2D eigenvalue weighted by atomic mass is 32.1. The molecule has 120 valence electrons. The third kappa shape index (κ3) is 2.86. The number of ether oxygens (including phenoxy) is 1. The lowest BCUT2D eigenvalue weighted by molar-refractivity contribution is 0.218. The van der Waals surface area contributed by atoms with Crippen molar-refractivity contribution >= 4 is 16.9 Å². The molecule has 0 fully saturated rings. The minimum atomic E-state index is 0.570. The second kappa shape index (κ2) is 6.97. The first-order valence-corrected chi connectivity index (χ1v) is 9.27. The fraction of sp³-hybridized carbons (Fsp3) is 0.611. The maximum atomic E-state index is 5.35. The van der Waals surface area contributed by atoms with E-state index in [1.165, 1.54) is 48.5 Å². The third-order valence-electron chi connectivity index (χ3n) is 4.58. The molecular formula is C18H26N2OS. The van der Waals surface area contributed by atoms with Crippen LogP contribution in [0, 0.1) is 0 Å². The van der Waals surface area contributed by atoms with Crippen molar-refractivity contribution in [3.05, 3.63) is 28.3 Å². The lowest BCUT2D eigenvalue weighted by Gasteiger charge is -2.37. The van der Waals surface area contributed by atoms with E-state index in [0.717, 1.165) is 18.0 Å². The molecule has 22 heavy (non-hydrogen) atoms. The molecule has 0 unspecified atom stereocenters. The molecule has 0 aromatic carbocycles. The highest BCUT2D eigenvalue weighted by Gasteiger charge is 2.31. The van der Waals surface area contributed by atoms with Crippen molar-refractivity contribution in [1.29, 1.82) is 0 Å². The van der Waals surface area contributed by atoms with E-state index in [1.807, 2.05) is 0 Å². The number of hydrogen-bond donors (Lipinski definition) is 0. The van der Waals surface area contributed by atoms with Crippen LogP contribution in [0.4, 0.5) is 0 Å². The van der Waals surface area contributed by atoms with Crippen LogP contribution >= 0.6 is 11.3 Å². The summed E-state index contributed by atoms with van der Waals surface area (Å²) in [6.07, 6.45) is 10.5. The van der Waals surface area contributed by atoms with Crippen LogP contribution in [0.2, 0.25) is 0 Å². The summed E-state index contributed by atoms with van der Waals surface area (Å²) in [6.45, 7) is 6.94. The number of hydrogen-bond acceptors (Lipinski definition) is 4. The van der Waals surface area contributed by atoms with Crippen molar-refractivity contribution in [3.8, 4) is 5.19 Å². The average Bonchev–Trinajstić information content (AvgIpc) is 2.98. The number of aromatic nitrogens is 1. The first-order valence-electron chi connectivity index (χ1n) is 8.46. The van der Waals surface area contributed by atoms with Crippen LogP contribution in [-0.4, -0.2) is 36.1 Å². The van der Waals surface area contributed by atoms with Crippen molar-refractivity contribution in [3.63, 3.8) is 0 Å². The number of nitrogens with zero attached hydrogens (tertiary/aromatic N) is 2. The molecule has 0 amide bonds. The lowest BCUT2D eigenvalue weighted by atomic mass is 9.83. The SMILES string of the molecule is CCCN(CCC)[C@H]1CC=CC2=C1CCc1sc(OC)nc12. The van der Waals surface area contributed by atoms with Crippen LogP contribution < -0.4 is 4.74 Å². The summed E-state index contributed by atoms with van der Waals surface area (Å²) in [5, 5.41) is 0.799. The Morgan fingerprint density at radius 3 is 2.73 bits per heavy atom. The Bertz CT molecular complexity index is 582. The van der Waals surface area contributed by atoms with Crippen LogP contribution in [0.3, 0.4) is 0 Å². The van der Waals surface area contributed by atoms with Crippen LogP contribution in [0.1, 0.15) is 50.1 Å². The third-order valence-corrected chi connectivity index (χ3v) is 5.66. The largest absolute Gasteiger partial charge is 0.473 e. The summed E-state index contributed by atoms with van der Waals surface area (Å²) in [7, 11) is 1.71. The molecule has 0 bridgehead atoms. The van der Waals surface area contributed by atoms with Gasteiger partial charge in [-0.3, -0.25) is 4.90 Å². The predicted octanol–water partition coefficient (Wildman–Crippen LogP) is 4.30. The van der Waals surface area contributed by atoms with Gasteiger partial charge in [0.15, 0.2) is 0 Å². The van der Waals surface area contributed by atoms with E-state index in [0.29, 0.717) is 6.04 Å². The van der Waals surface area contributed by atoms with E-state index in [9.17, 15) is 0 Å². The van der Waals surface area contributed by atoms with Gasteiger partial charge in [-0.15, -0.1) is 0 Å². The highest BCUT2D eigenvalue weighted by Crippen LogP contribution is 2.42. The maximum Gasteiger partial charge on any atom is 0.273 e. The van der Waals surface area contributed by atoms with Gasteiger partial charge in [0, 0.05) is 16.5 Å². The second-order valence-corrected chi connectivity index (χ2v) is 7.13. The molecule has 4 heteroatoms. The fourth-order valence-corrected chi connectivity index (χ4v) is 4.58. The molecule has 1 aromatic heterocycles. The summed E-state index contributed by atoms with van der Waals surface area (Å²) in [4.78, 5) is 8.77. The number of fused-ring (bicyclic) bond motifs is 2. The van der Waals surface area contributed by atoms with Gasteiger partial charge in [-0.25, -0.2) is 4.98 Å². The Hall–Kier alpha value is -1.13. The number of rotatable bonds is 6. The Kier molecular flexibility index (Phi) is 4.99. The van der Waals surface area contributed by atoms with Gasteiger partial charge in [-0.1, -0.05) is 37.3 Å². The van der Waals surface area contributed by atoms with Crippen LogP contribution in [-0.2, 0) is 6.42 Å². The van der Waals surface area contributed by atoms with Crippen molar-refractivity contribution in [2.24, 2.45) is 0 Å². The van der Waals surface area contributed by atoms with Gasteiger partial charge >= 0.3 is 0 Å². The molecule has 1 aromatic rings. The lowest BCUT2D eigenvalue weighted by Crippen LogP contribution is -2.39. The number of thiazole rings is 1. The highest BCUT2D eigenvalue weighted by molar-refractivity contribution is 7.13. The molecule has 3 nitrogen and oxygen atoms in total. The fourth-order valence-electron chi connectivity index (χ4n) is 3.69. The van der Waals surface area contributed by atoms with E-state index < -0.39 is 0 Å². The van der Waals surface area contributed by atoms with Gasteiger partial charge in [-0.05, 0) is 50.8 Å². The number of allylic oxidation sites excluding steroid dienone is 2. The number of methoxy groups -OCH3 is 1. The molecular weight excluding hydrogens is 292 g/mol. The standard InChI is InChI=1S/C18H26N2OS/c1-4-11-20(12-5-2)15-8-6-7-14-13(15)9-10-16-17(14)19-18(21-3)22-16/h6-7,15H,4-5,8-12H2,1-3H3/t15-/m0/s1. The van der Waals surface area contributed by atoms with Crippen LogP contribution in [0.15, 0.2) is 17.7 Å². The summed E-state index contributed by atoms with van der Waals surface area (Å²) in [5.74, 6) is 0. The molecule has 0 N–H and O–H groups in total. The molecule has 2 aliphatic rings. The van der Waals surface area contributed by atoms with Crippen molar-refractivity contribution < 1.29 is 4.74 Å².